The molecule has 0 spiro atoms. The van der Waals surface area contributed by atoms with Gasteiger partial charge in [0.05, 0.1) is 13.2 Å². The first kappa shape index (κ1) is 14.0. The maximum atomic E-state index is 13.6. The summed E-state index contributed by atoms with van der Waals surface area (Å²) < 4.78 is 18.6. The van der Waals surface area contributed by atoms with Crippen molar-refractivity contribution in [2.45, 2.75) is 19.9 Å². The largest absolute Gasteiger partial charge is 0.481 e. The fourth-order valence-corrected chi connectivity index (χ4v) is 1.80. The Morgan fingerprint density at radius 2 is 2.05 bits per heavy atom. The van der Waals surface area contributed by atoms with Crippen LogP contribution in [0.5, 0.6) is 5.88 Å². The van der Waals surface area contributed by atoms with Crippen LogP contribution >= 0.6 is 0 Å². The van der Waals surface area contributed by atoms with Crippen molar-refractivity contribution in [2.75, 3.05) is 18.2 Å². The Bertz CT molecular complexity index is 618. The highest BCUT2D eigenvalue weighted by Gasteiger charge is 2.10. The average Bonchev–Trinajstić information content (AvgIpc) is 2.41. The summed E-state index contributed by atoms with van der Waals surface area (Å²) in [7, 11) is 1.50. The van der Waals surface area contributed by atoms with E-state index in [1.807, 2.05) is 13.0 Å². The van der Waals surface area contributed by atoms with Crippen LogP contribution in [0.1, 0.15) is 24.1 Å². The van der Waals surface area contributed by atoms with Crippen LogP contribution in [0.4, 0.5) is 16.2 Å². The molecule has 6 heteroatoms. The molecule has 1 atom stereocenters. The molecule has 0 amide bonds. The summed E-state index contributed by atoms with van der Waals surface area (Å²) in [5, 5.41) is 3.14. The lowest BCUT2D eigenvalue weighted by atomic mass is 10.1. The molecular weight excluding hydrogens is 259 g/mol. The first-order valence-electron chi connectivity index (χ1n) is 6.20. The van der Waals surface area contributed by atoms with E-state index >= 15 is 0 Å². The van der Waals surface area contributed by atoms with Crippen LogP contribution in [-0.2, 0) is 0 Å². The predicted molar refractivity (Wildman–Crippen MR) is 76.2 cm³/mol. The smallest absolute Gasteiger partial charge is 0.225 e. The molecule has 0 aliphatic heterocycles. The second-order valence-electron chi connectivity index (χ2n) is 4.53. The summed E-state index contributed by atoms with van der Waals surface area (Å²) in [5.74, 6) is 0.801. The number of rotatable bonds is 4. The molecule has 106 valence electrons. The van der Waals surface area contributed by atoms with E-state index in [2.05, 4.69) is 15.3 Å². The molecule has 0 bridgehead atoms. The molecule has 3 N–H and O–H groups in total. The van der Waals surface area contributed by atoms with E-state index in [4.69, 9.17) is 10.5 Å². The lowest BCUT2D eigenvalue weighted by Crippen LogP contribution is -2.10. The van der Waals surface area contributed by atoms with Gasteiger partial charge in [-0.05, 0) is 31.0 Å². The maximum absolute atomic E-state index is 13.6. The predicted octanol–water partition coefficient (Wildman–Crippen LogP) is 2.69. The molecule has 0 aliphatic carbocycles. The summed E-state index contributed by atoms with van der Waals surface area (Å²) in [6.45, 7) is 3.64. The fourth-order valence-electron chi connectivity index (χ4n) is 1.80. The average molecular weight is 276 g/mol. The van der Waals surface area contributed by atoms with E-state index in [1.54, 1.807) is 19.1 Å². The van der Waals surface area contributed by atoms with Crippen LogP contribution in [0.25, 0.3) is 0 Å². The highest BCUT2D eigenvalue weighted by molar-refractivity contribution is 5.45. The molecule has 0 fully saturated rings. The summed E-state index contributed by atoms with van der Waals surface area (Å²) in [6, 6.07) is 6.64. The molecule has 0 saturated carbocycles. The Labute approximate surface area is 117 Å². The van der Waals surface area contributed by atoms with Gasteiger partial charge in [0, 0.05) is 6.07 Å². The van der Waals surface area contributed by atoms with Crippen LogP contribution in [-0.4, -0.2) is 17.1 Å². The van der Waals surface area contributed by atoms with E-state index in [1.165, 1.54) is 13.2 Å². The molecule has 1 aromatic carbocycles. The number of nitrogens with zero attached hydrogens (tertiary/aromatic N) is 2. The normalized spacial score (nSPS) is 12.0. The number of benzene rings is 1. The first-order chi connectivity index (χ1) is 9.49. The van der Waals surface area contributed by atoms with Crippen molar-refractivity contribution in [1.29, 1.82) is 0 Å². The number of hydrogen-bond acceptors (Lipinski definition) is 5. The second kappa shape index (κ2) is 5.73. The third kappa shape index (κ3) is 3.14. The Hall–Kier alpha value is -2.37. The minimum atomic E-state index is -0.226. The quantitative estimate of drug-likeness (QED) is 0.898. The first-order valence-corrected chi connectivity index (χ1v) is 6.20. The lowest BCUT2D eigenvalue weighted by molar-refractivity contribution is 0.398. The van der Waals surface area contributed by atoms with Crippen molar-refractivity contribution >= 4 is 11.8 Å². The van der Waals surface area contributed by atoms with Gasteiger partial charge in [0.15, 0.2) is 0 Å². The molecule has 0 saturated heterocycles. The van der Waals surface area contributed by atoms with E-state index in [0.29, 0.717) is 17.3 Å². The number of aryl methyl sites for hydroxylation is 1. The second-order valence-corrected chi connectivity index (χ2v) is 4.53. The summed E-state index contributed by atoms with van der Waals surface area (Å²) in [6.07, 6.45) is 0. The number of aromatic nitrogens is 2. The van der Waals surface area contributed by atoms with Crippen molar-refractivity contribution in [3.8, 4) is 5.88 Å². The van der Waals surface area contributed by atoms with Gasteiger partial charge in [-0.15, -0.1) is 0 Å². The van der Waals surface area contributed by atoms with Gasteiger partial charge in [-0.1, -0.05) is 12.1 Å². The zero-order valence-electron chi connectivity index (χ0n) is 11.6. The van der Waals surface area contributed by atoms with Crippen LogP contribution in [0.2, 0.25) is 0 Å². The zero-order valence-corrected chi connectivity index (χ0v) is 11.6. The number of methoxy groups -OCH3 is 1. The Balaban J connectivity index is 2.20. The SMILES string of the molecule is COc1cc(NC(C)c2ccc(C)c(F)c2)nc(N)n1. The Morgan fingerprint density at radius 3 is 2.70 bits per heavy atom. The topological polar surface area (TPSA) is 73.1 Å². The van der Waals surface area contributed by atoms with Gasteiger partial charge in [-0.3, -0.25) is 0 Å². The molecule has 1 heterocycles. The minimum absolute atomic E-state index is 0.120. The Kier molecular flexibility index (Phi) is 4.02. The van der Waals surface area contributed by atoms with Gasteiger partial charge in [0.25, 0.3) is 0 Å². The Morgan fingerprint density at radius 1 is 1.30 bits per heavy atom. The highest BCUT2D eigenvalue weighted by atomic mass is 19.1. The number of nitrogen functional groups attached to an aromatic ring is 1. The van der Waals surface area contributed by atoms with Gasteiger partial charge in [0.2, 0.25) is 11.8 Å². The van der Waals surface area contributed by atoms with Gasteiger partial charge in [-0.25, -0.2) is 4.39 Å². The fraction of sp³-hybridized carbons (Fsp3) is 0.286. The third-order valence-electron chi connectivity index (χ3n) is 2.99. The summed E-state index contributed by atoms with van der Waals surface area (Å²) >= 11 is 0. The number of nitrogens with two attached hydrogens (primary N) is 1. The van der Waals surface area contributed by atoms with Crippen LogP contribution in [0, 0.1) is 12.7 Å². The highest BCUT2D eigenvalue weighted by Crippen LogP contribution is 2.22. The van der Waals surface area contributed by atoms with E-state index < -0.39 is 0 Å². The standard InChI is InChI=1S/C14H17FN4O/c1-8-4-5-10(6-11(8)15)9(2)17-12-7-13(20-3)19-14(16)18-12/h4-7,9H,1-3H3,(H3,16,17,18,19). The van der Waals surface area contributed by atoms with Crippen molar-refractivity contribution in [3.05, 3.63) is 41.2 Å². The molecular formula is C14H17FN4O. The molecule has 0 radical (unpaired) electrons. The number of anilines is 2. The summed E-state index contributed by atoms with van der Waals surface area (Å²) in [5.41, 5.74) is 7.03. The van der Waals surface area contributed by atoms with Gasteiger partial charge in [0.1, 0.15) is 11.6 Å². The molecule has 20 heavy (non-hydrogen) atoms. The van der Waals surface area contributed by atoms with Crippen LogP contribution in [0.3, 0.4) is 0 Å². The number of halogens is 1. The number of nitrogens with one attached hydrogen (secondary N) is 1. The van der Waals surface area contributed by atoms with Crippen LogP contribution < -0.4 is 15.8 Å². The third-order valence-corrected chi connectivity index (χ3v) is 2.99. The molecule has 2 rings (SSSR count). The number of ether oxygens (including phenoxy) is 1. The molecule has 5 nitrogen and oxygen atoms in total. The van der Waals surface area contributed by atoms with Crippen molar-refractivity contribution in [1.82, 2.24) is 9.97 Å². The molecule has 2 aromatic rings. The van der Waals surface area contributed by atoms with Gasteiger partial charge in [-0.2, -0.15) is 9.97 Å². The lowest BCUT2D eigenvalue weighted by Gasteiger charge is -2.16. The number of hydrogen-bond donors (Lipinski definition) is 2. The van der Waals surface area contributed by atoms with Crippen molar-refractivity contribution < 1.29 is 9.13 Å². The van der Waals surface area contributed by atoms with E-state index in [9.17, 15) is 4.39 Å². The van der Waals surface area contributed by atoms with E-state index in [-0.39, 0.29) is 17.8 Å². The monoisotopic (exact) mass is 276 g/mol. The zero-order chi connectivity index (χ0) is 14.7. The molecule has 1 unspecified atom stereocenters. The molecule has 0 aliphatic rings. The van der Waals surface area contributed by atoms with Gasteiger partial charge >= 0.3 is 0 Å². The minimum Gasteiger partial charge on any atom is -0.481 e. The van der Waals surface area contributed by atoms with Gasteiger partial charge < -0.3 is 15.8 Å². The van der Waals surface area contributed by atoms with Crippen molar-refractivity contribution in [3.63, 3.8) is 0 Å². The van der Waals surface area contributed by atoms with E-state index in [0.717, 1.165) is 5.56 Å². The van der Waals surface area contributed by atoms with Crippen LogP contribution in [0.15, 0.2) is 24.3 Å². The molecule has 1 aromatic heterocycles. The summed E-state index contributed by atoms with van der Waals surface area (Å²) in [4.78, 5) is 7.97. The van der Waals surface area contributed by atoms with Crippen molar-refractivity contribution in [2.24, 2.45) is 0 Å². The maximum Gasteiger partial charge on any atom is 0.225 e.